The SMILES string of the molecule is O=C(NN=Cc1ccc(N2CCCC2)c(F)c1)c1cccnc1Cl. The van der Waals surface area contributed by atoms with Gasteiger partial charge >= 0.3 is 0 Å². The molecule has 0 radical (unpaired) electrons. The Morgan fingerprint density at radius 3 is 2.83 bits per heavy atom. The molecule has 0 aliphatic carbocycles. The Bertz CT molecular complexity index is 775. The molecule has 1 aromatic heterocycles. The molecule has 1 aliphatic rings. The number of nitrogens with zero attached hydrogens (tertiary/aromatic N) is 3. The molecule has 0 bridgehead atoms. The van der Waals surface area contributed by atoms with Crippen molar-refractivity contribution in [3.63, 3.8) is 0 Å². The summed E-state index contributed by atoms with van der Waals surface area (Å²) in [6.45, 7) is 1.76. The second-order valence-electron chi connectivity index (χ2n) is 5.45. The Balaban J connectivity index is 1.65. The molecule has 0 unspecified atom stereocenters. The Morgan fingerprint density at radius 2 is 2.12 bits per heavy atom. The number of hydrogen-bond acceptors (Lipinski definition) is 4. The number of rotatable bonds is 4. The molecule has 2 heterocycles. The third-order valence-corrected chi connectivity index (χ3v) is 4.10. The van der Waals surface area contributed by atoms with Crippen LogP contribution in [0.2, 0.25) is 5.15 Å². The van der Waals surface area contributed by atoms with E-state index in [1.165, 1.54) is 18.5 Å². The number of pyridine rings is 1. The predicted octanol–water partition coefficient (Wildman–Crippen LogP) is 3.24. The maximum atomic E-state index is 14.2. The van der Waals surface area contributed by atoms with Gasteiger partial charge in [0, 0.05) is 19.3 Å². The van der Waals surface area contributed by atoms with Crippen LogP contribution in [0.3, 0.4) is 0 Å². The van der Waals surface area contributed by atoms with Crippen molar-refractivity contribution < 1.29 is 9.18 Å². The van der Waals surface area contributed by atoms with Gasteiger partial charge in [0.1, 0.15) is 11.0 Å². The van der Waals surface area contributed by atoms with Crippen LogP contribution in [-0.2, 0) is 0 Å². The molecule has 124 valence electrons. The number of aromatic nitrogens is 1. The van der Waals surface area contributed by atoms with Gasteiger partial charge in [0.15, 0.2) is 0 Å². The lowest BCUT2D eigenvalue weighted by atomic mass is 10.2. The maximum Gasteiger partial charge on any atom is 0.274 e. The Kier molecular flexibility index (Phi) is 5.05. The second-order valence-corrected chi connectivity index (χ2v) is 5.80. The third kappa shape index (κ3) is 3.71. The van der Waals surface area contributed by atoms with Crippen molar-refractivity contribution >= 4 is 29.4 Å². The largest absolute Gasteiger partial charge is 0.369 e. The number of anilines is 1. The summed E-state index contributed by atoms with van der Waals surface area (Å²) in [5.41, 5.74) is 3.75. The number of amides is 1. The summed E-state index contributed by atoms with van der Waals surface area (Å²) in [7, 11) is 0. The molecule has 1 fully saturated rings. The van der Waals surface area contributed by atoms with Crippen molar-refractivity contribution in [1.82, 2.24) is 10.4 Å². The molecule has 1 amide bonds. The summed E-state index contributed by atoms with van der Waals surface area (Å²) in [5, 5.41) is 3.94. The molecule has 1 aliphatic heterocycles. The van der Waals surface area contributed by atoms with E-state index >= 15 is 0 Å². The van der Waals surface area contributed by atoms with Crippen LogP contribution in [0, 0.1) is 5.82 Å². The lowest BCUT2D eigenvalue weighted by molar-refractivity contribution is 0.0955. The summed E-state index contributed by atoms with van der Waals surface area (Å²) in [6.07, 6.45) is 5.06. The van der Waals surface area contributed by atoms with Crippen molar-refractivity contribution in [1.29, 1.82) is 0 Å². The number of hydrazone groups is 1. The molecule has 0 atom stereocenters. The van der Waals surface area contributed by atoms with Crippen LogP contribution in [0.4, 0.5) is 10.1 Å². The van der Waals surface area contributed by atoms with Crippen LogP contribution in [0.25, 0.3) is 0 Å². The van der Waals surface area contributed by atoms with Gasteiger partial charge in [-0.05, 0) is 42.7 Å². The van der Waals surface area contributed by atoms with Crippen molar-refractivity contribution in [3.8, 4) is 0 Å². The molecule has 24 heavy (non-hydrogen) atoms. The van der Waals surface area contributed by atoms with Gasteiger partial charge in [-0.25, -0.2) is 14.8 Å². The van der Waals surface area contributed by atoms with E-state index in [1.54, 1.807) is 24.3 Å². The predicted molar refractivity (Wildman–Crippen MR) is 92.2 cm³/mol. The molecule has 7 heteroatoms. The highest BCUT2D eigenvalue weighted by atomic mass is 35.5. The smallest absolute Gasteiger partial charge is 0.274 e. The molecule has 2 aromatic rings. The molecule has 5 nitrogen and oxygen atoms in total. The van der Waals surface area contributed by atoms with E-state index in [2.05, 4.69) is 15.5 Å². The van der Waals surface area contributed by atoms with E-state index < -0.39 is 5.91 Å². The van der Waals surface area contributed by atoms with Gasteiger partial charge in [0.2, 0.25) is 0 Å². The van der Waals surface area contributed by atoms with Crippen molar-refractivity contribution in [2.45, 2.75) is 12.8 Å². The Labute approximate surface area is 144 Å². The maximum absolute atomic E-state index is 14.2. The van der Waals surface area contributed by atoms with Crippen LogP contribution in [-0.4, -0.2) is 30.2 Å². The van der Waals surface area contributed by atoms with E-state index in [-0.39, 0.29) is 16.5 Å². The van der Waals surface area contributed by atoms with Crippen molar-refractivity contribution in [2.24, 2.45) is 5.10 Å². The van der Waals surface area contributed by atoms with Crippen LogP contribution in [0.1, 0.15) is 28.8 Å². The number of nitrogens with one attached hydrogen (secondary N) is 1. The first-order valence-electron chi connectivity index (χ1n) is 7.63. The lowest BCUT2D eigenvalue weighted by Gasteiger charge is -2.18. The first kappa shape index (κ1) is 16.4. The number of benzene rings is 1. The summed E-state index contributed by atoms with van der Waals surface area (Å²) >= 11 is 5.84. The van der Waals surface area contributed by atoms with Crippen molar-refractivity contribution in [2.75, 3.05) is 18.0 Å². The van der Waals surface area contributed by atoms with E-state index in [4.69, 9.17) is 11.6 Å². The van der Waals surface area contributed by atoms with Gasteiger partial charge in [-0.3, -0.25) is 4.79 Å². The molecule has 3 rings (SSSR count). The molecule has 0 saturated carbocycles. The van der Waals surface area contributed by atoms with Crippen LogP contribution in [0.5, 0.6) is 0 Å². The lowest BCUT2D eigenvalue weighted by Crippen LogP contribution is -2.19. The Morgan fingerprint density at radius 1 is 1.33 bits per heavy atom. The topological polar surface area (TPSA) is 57.6 Å². The number of hydrogen-bond donors (Lipinski definition) is 1. The van der Waals surface area contributed by atoms with Crippen molar-refractivity contribution in [3.05, 3.63) is 58.6 Å². The van der Waals surface area contributed by atoms with E-state index in [1.807, 2.05) is 4.90 Å². The molecule has 0 spiro atoms. The molecule has 1 N–H and O–H groups in total. The van der Waals surface area contributed by atoms with Crippen LogP contribution < -0.4 is 10.3 Å². The van der Waals surface area contributed by atoms with Gasteiger partial charge in [-0.15, -0.1) is 0 Å². The first-order chi connectivity index (χ1) is 11.6. The first-order valence-corrected chi connectivity index (χ1v) is 8.01. The highest BCUT2D eigenvalue weighted by Gasteiger charge is 2.16. The highest BCUT2D eigenvalue weighted by molar-refractivity contribution is 6.32. The van der Waals surface area contributed by atoms with Crippen LogP contribution >= 0.6 is 11.6 Å². The minimum atomic E-state index is -0.474. The van der Waals surface area contributed by atoms with E-state index in [9.17, 15) is 9.18 Å². The third-order valence-electron chi connectivity index (χ3n) is 3.80. The minimum absolute atomic E-state index is 0.103. The number of carbonyl (C=O) groups is 1. The molecular weight excluding hydrogens is 331 g/mol. The quantitative estimate of drug-likeness (QED) is 0.525. The van der Waals surface area contributed by atoms with Gasteiger partial charge in [-0.2, -0.15) is 5.10 Å². The number of halogens is 2. The zero-order chi connectivity index (χ0) is 16.9. The summed E-state index contributed by atoms with van der Waals surface area (Å²) in [4.78, 5) is 17.8. The summed E-state index contributed by atoms with van der Waals surface area (Å²) < 4.78 is 14.2. The van der Waals surface area contributed by atoms with Gasteiger partial charge in [0.05, 0.1) is 17.5 Å². The average Bonchev–Trinajstić information content (AvgIpc) is 3.09. The zero-order valence-electron chi connectivity index (χ0n) is 12.9. The number of carbonyl (C=O) groups excluding carboxylic acids is 1. The van der Waals surface area contributed by atoms with Gasteiger partial charge in [-0.1, -0.05) is 17.7 Å². The Hall–Kier alpha value is -2.47. The fourth-order valence-corrected chi connectivity index (χ4v) is 2.80. The molecular formula is C17H16ClFN4O. The molecule has 1 aromatic carbocycles. The van der Waals surface area contributed by atoms with E-state index in [0.717, 1.165) is 25.9 Å². The summed E-state index contributed by atoms with van der Waals surface area (Å²) in [6, 6.07) is 8.06. The fourth-order valence-electron chi connectivity index (χ4n) is 2.60. The highest BCUT2D eigenvalue weighted by Crippen LogP contribution is 2.23. The van der Waals surface area contributed by atoms with Crippen LogP contribution in [0.15, 0.2) is 41.6 Å². The monoisotopic (exact) mass is 346 g/mol. The van der Waals surface area contributed by atoms with E-state index in [0.29, 0.717) is 11.3 Å². The average molecular weight is 347 g/mol. The van der Waals surface area contributed by atoms with Gasteiger partial charge in [0.25, 0.3) is 5.91 Å². The fraction of sp³-hybridized carbons (Fsp3) is 0.235. The van der Waals surface area contributed by atoms with Gasteiger partial charge < -0.3 is 4.90 Å². The molecule has 1 saturated heterocycles. The normalized spacial score (nSPS) is 14.3. The minimum Gasteiger partial charge on any atom is -0.369 e. The zero-order valence-corrected chi connectivity index (χ0v) is 13.6. The standard InChI is InChI=1S/C17H16ClFN4O/c18-16-13(4-3-7-20-16)17(24)22-21-11-12-5-6-15(14(19)10-12)23-8-1-2-9-23/h3-7,10-11H,1-2,8-9H2,(H,22,24). The second kappa shape index (κ2) is 7.40. The summed E-state index contributed by atoms with van der Waals surface area (Å²) in [5.74, 6) is -0.763.